The van der Waals surface area contributed by atoms with Gasteiger partial charge in [-0.15, -0.1) is 0 Å². The lowest BCUT2D eigenvalue weighted by molar-refractivity contribution is 0.0607. The molecular weight excluding hydrogens is 283 g/mol. The highest BCUT2D eigenvalue weighted by Crippen LogP contribution is 2.11. The van der Waals surface area contributed by atoms with Crippen molar-refractivity contribution in [2.75, 3.05) is 32.7 Å². The topological polar surface area (TPSA) is 36.7 Å². The van der Waals surface area contributed by atoms with Gasteiger partial charge >= 0.3 is 0 Å². The van der Waals surface area contributed by atoms with E-state index in [4.69, 9.17) is 4.42 Å². The molecule has 0 bridgehead atoms. The van der Waals surface area contributed by atoms with Crippen LogP contribution in [0.4, 0.5) is 4.39 Å². The molecule has 3 rings (SSSR count). The zero-order valence-corrected chi connectivity index (χ0v) is 12.4. The number of rotatable bonds is 4. The third kappa shape index (κ3) is 3.36. The number of carbonyl (C=O) groups is 1. The van der Waals surface area contributed by atoms with Crippen LogP contribution in [0.1, 0.15) is 16.1 Å². The number of nitrogens with zero attached hydrogens (tertiary/aromatic N) is 2. The van der Waals surface area contributed by atoms with Crippen LogP contribution in [0.3, 0.4) is 0 Å². The summed E-state index contributed by atoms with van der Waals surface area (Å²) in [5, 5.41) is 0. The molecule has 1 amide bonds. The molecule has 4 nitrogen and oxygen atoms in total. The average Bonchev–Trinajstić information content (AvgIpc) is 3.08. The Balaban J connectivity index is 1.48. The second-order valence-corrected chi connectivity index (χ2v) is 5.45. The molecule has 0 saturated carbocycles. The van der Waals surface area contributed by atoms with Crippen LogP contribution >= 0.6 is 0 Å². The molecule has 5 heteroatoms. The molecular formula is C17H19FN2O2. The molecule has 2 aromatic rings. The minimum Gasteiger partial charge on any atom is -0.459 e. The van der Waals surface area contributed by atoms with Crippen molar-refractivity contribution in [2.45, 2.75) is 6.42 Å². The molecule has 1 saturated heterocycles. The highest BCUT2D eigenvalue weighted by Gasteiger charge is 2.23. The lowest BCUT2D eigenvalue weighted by Crippen LogP contribution is -2.49. The highest BCUT2D eigenvalue weighted by atomic mass is 19.1. The first-order valence-electron chi connectivity index (χ1n) is 7.52. The second-order valence-electron chi connectivity index (χ2n) is 5.45. The molecule has 1 aliphatic rings. The number of benzene rings is 1. The molecule has 2 heterocycles. The normalized spacial score (nSPS) is 16.0. The summed E-state index contributed by atoms with van der Waals surface area (Å²) in [6.45, 7) is 3.78. The van der Waals surface area contributed by atoms with Gasteiger partial charge in [0.15, 0.2) is 5.76 Å². The Kier molecular flexibility index (Phi) is 4.53. The van der Waals surface area contributed by atoms with Crippen LogP contribution in [0.25, 0.3) is 0 Å². The predicted molar refractivity (Wildman–Crippen MR) is 81.2 cm³/mol. The van der Waals surface area contributed by atoms with E-state index in [0.717, 1.165) is 25.2 Å². The lowest BCUT2D eigenvalue weighted by atomic mass is 10.1. The Morgan fingerprint density at radius 3 is 2.55 bits per heavy atom. The number of furan rings is 1. The minimum absolute atomic E-state index is 0.0567. The first-order valence-corrected chi connectivity index (χ1v) is 7.52. The van der Waals surface area contributed by atoms with Crippen molar-refractivity contribution in [1.29, 1.82) is 0 Å². The number of hydrogen-bond donors (Lipinski definition) is 0. The summed E-state index contributed by atoms with van der Waals surface area (Å²) in [4.78, 5) is 16.2. The van der Waals surface area contributed by atoms with E-state index >= 15 is 0 Å². The number of carbonyl (C=O) groups excluding carboxylic acids is 1. The van der Waals surface area contributed by atoms with Crippen LogP contribution in [0.5, 0.6) is 0 Å². The number of amides is 1. The van der Waals surface area contributed by atoms with E-state index in [-0.39, 0.29) is 11.7 Å². The Morgan fingerprint density at radius 1 is 1.09 bits per heavy atom. The molecule has 0 aliphatic carbocycles. The quantitative estimate of drug-likeness (QED) is 0.870. The van der Waals surface area contributed by atoms with Crippen molar-refractivity contribution in [2.24, 2.45) is 0 Å². The molecule has 1 aliphatic heterocycles. The maximum atomic E-state index is 13.6. The standard InChI is InChI=1S/C17H19FN2O2/c18-15-5-2-1-4-14(15)7-8-19-9-11-20(12-10-19)17(21)16-6-3-13-22-16/h1-6,13H,7-12H2. The number of halogens is 1. The van der Waals surface area contributed by atoms with Gasteiger partial charge in [-0.3, -0.25) is 9.69 Å². The first kappa shape index (κ1) is 14.8. The Morgan fingerprint density at radius 2 is 1.86 bits per heavy atom. The third-order valence-corrected chi connectivity index (χ3v) is 4.05. The predicted octanol–water partition coefficient (Wildman–Crippen LogP) is 2.42. The fourth-order valence-electron chi connectivity index (χ4n) is 2.71. The Bertz CT molecular complexity index is 619. The van der Waals surface area contributed by atoms with E-state index in [1.165, 1.54) is 12.3 Å². The maximum Gasteiger partial charge on any atom is 0.289 e. The van der Waals surface area contributed by atoms with Gasteiger partial charge in [-0.25, -0.2) is 4.39 Å². The molecule has 0 N–H and O–H groups in total. The van der Waals surface area contributed by atoms with Crippen LogP contribution in [0.2, 0.25) is 0 Å². The number of piperazine rings is 1. The van der Waals surface area contributed by atoms with E-state index in [1.54, 1.807) is 23.1 Å². The van der Waals surface area contributed by atoms with Crippen LogP contribution in [-0.2, 0) is 6.42 Å². The summed E-state index contributed by atoms with van der Waals surface area (Å²) in [5.41, 5.74) is 0.747. The van der Waals surface area contributed by atoms with Crippen molar-refractivity contribution in [3.63, 3.8) is 0 Å². The molecule has 116 valence electrons. The monoisotopic (exact) mass is 302 g/mol. The van der Waals surface area contributed by atoms with Crippen molar-refractivity contribution < 1.29 is 13.6 Å². The van der Waals surface area contributed by atoms with Crippen molar-refractivity contribution in [1.82, 2.24) is 9.80 Å². The molecule has 1 aromatic heterocycles. The Labute approximate surface area is 129 Å². The first-order chi connectivity index (χ1) is 10.7. The SMILES string of the molecule is O=C(c1ccco1)N1CCN(CCc2ccccc2F)CC1. The summed E-state index contributed by atoms with van der Waals surface area (Å²) in [7, 11) is 0. The molecule has 1 fully saturated rings. The average molecular weight is 302 g/mol. The van der Waals surface area contributed by atoms with Gasteiger partial charge < -0.3 is 9.32 Å². The van der Waals surface area contributed by atoms with Gasteiger partial charge in [-0.2, -0.15) is 0 Å². The summed E-state index contributed by atoms with van der Waals surface area (Å²) >= 11 is 0. The van der Waals surface area contributed by atoms with E-state index in [2.05, 4.69) is 4.90 Å². The van der Waals surface area contributed by atoms with Crippen LogP contribution in [-0.4, -0.2) is 48.4 Å². The van der Waals surface area contributed by atoms with E-state index in [0.29, 0.717) is 25.3 Å². The second kappa shape index (κ2) is 6.75. The van der Waals surface area contributed by atoms with Gasteiger partial charge in [0.2, 0.25) is 0 Å². The van der Waals surface area contributed by atoms with E-state index < -0.39 is 0 Å². The van der Waals surface area contributed by atoms with Crippen LogP contribution < -0.4 is 0 Å². The zero-order valence-electron chi connectivity index (χ0n) is 12.4. The third-order valence-electron chi connectivity index (χ3n) is 4.05. The summed E-state index contributed by atoms with van der Waals surface area (Å²) < 4.78 is 18.7. The van der Waals surface area contributed by atoms with Crippen molar-refractivity contribution in [3.05, 3.63) is 59.8 Å². The van der Waals surface area contributed by atoms with Crippen LogP contribution in [0.15, 0.2) is 47.1 Å². The van der Waals surface area contributed by atoms with E-state index in [9.17, 15) is 9.18 Å². The smallest absolute Gasteiger partial charge is 0.289 e. The fourth-order valence-corrected chi connectivity index (χ4v) is 2.71. The molecule has 0 unspecified atom stereocenters. The van der Waals surface area contributed by atoms with Gasteiger partial charge in [0.05, 0.1) is 6.26 Å². The van der Waals surface area contributed by atoms with Crippen molar-refractivity contribution >= 4 is 5.91 Å². The summed E-state index contributed by atoms with van der Waals surface area (Å²) in [6, 6.07) is 10.3. The summed E-state index contributed by atoms with van der Waals surface area (Å²) in [5.74, 6) is 0.188. The Hall–Kier alpha value is -2.14. The molecule has 22 heavy (non-hydrogen) atoms. The van der Waals surface area contributed by atoms with E-state index in [1.807, 2.05) is 12.1 Å². The highest BCUT2D eigenvalue weighted by molar-refractivity contribution is 5.91. The minimum atomic E-state index is -0.144. The van der Waals surface area contributed by atoms with Gasteiger partial charge in [-0.05, 0) is 30.2 Å². The van der Waals surface area contributed by atoms with Gasteiger partial charge in [0, 0.05) is 32.7 Å². The maximum absolute atomic E-state index is 13.6. The molecule has 0 spiro atoms. The summed E-state index contributed by atoms with van der Waals surface area (Å²) in [6.07, 6.45) is 2.21. The van der Waals surface area contributed by atoms with Crippen molar-refractivity contribution in [3.8, 4) is 0 Å². The van der Waals surface area contributed by atoms with Gasteiger partial charge in [-0.1, -0.05) is 18.2 Å². The molecule has 0 radical (unpaired) electrons. The molecule has 0 atom stereocenters. The van der Waals surface area contributed by atoms with Crippen LogP contribution in [0, 0.1) is 5.82 Å². The van der Waals surface area contributed by atoms with Gasteiger partial charge in [0.1, 0.15) is 5.82 Å². The van der Waals surface area contributed by atoms with Gasteiger partial charge in [0.25, 0.3) is 5.91 Å². The fraction of sp³-hybridized carbons (Fsp3) is 0.353. The number of hydrogen-bond acceptors (Lipinski definition) is 3. The zero-order chi connectivity index (χ0) is 15.4. The molecule has 1 aromatic carbocycles. The largest absolute Gasteiger partial charge is 0.459 e. The lowest BCUT2D eigenvalue weighted by Gasteiger charge is -2.34.